The summed E-state index contributed by atoms with van der Waals surface area (Å²) in [5.74, 6) is 0. The van der Waals surface area contributed by atoms with Crippen molar-refractivity contribution in [3.05, 3.63) is 48.8 Å². The van der Waals surface area contributed by atoms with E-state index in [0.717, 1.165) is 18.7 Å². The maximum Gasteiger partial charge on any atom is 0.0617 e. The van der Waals surface area contributed by atoms with Crippen LogP contribution in [-0.2, 0) is 0 Å². The minimum Gasteiger partial charge on any atom is -0.397 e. The number of unbranched alkanes of at least 4 members (excludes halogenated alkanes) is 1. The van der Waals surface area contributed by atoms with Crippen LogP contribution in [0.25, 0.3) is 0 Å². The van der Waals surface area contributed by atoms with Crippen LogP contribution in [0, 0.1) is 0 Å². The summed E-state index contributed by atoms with van der Waals surface area (Å²) in [4.78, 5) is 6.43. The number of hydrogen-bond acceptors (Lipinski definition) is 3. The standard InChI is InChI=1S/C15H19N3/c1-2-3-9-18(14-7-5-4-6-8-14)15-10-13(16)11-17-12-15/h4-8,10-12H,2-3,9,16H2,1H3. The Balaban J connectivity index is 2.31. The van der Waals surface area contributed by atoms with Gasteiger partial charge in [0.05, 0.1) is 17.6 Å². The van der Waals surface area contributed by atoms with Gasteiger partial charge < -0.3 is 10.6 Å². The normalized spacial score (nSPS) is 10.3. The van der Waals surface area contributed by atoms with Gasteiger partial charge in [0.15, 0.2) is 0 Å². The minimum atomic E-state index is 0.699. The molecule has 2 N–H and O–H groups in total. The van der Waals surface area contributed by atoms with Gasteiger partial charge in [0.1, 0.15) is 0 Å². The first-order chi connectivity index (χ1) is 8.81. The first-order valence-electron chi connectivity index (χ1n) is 6.34. The number of nitrogen functional groups attached to an aromatic ring is 1. The minimum absolute atomic E-state index is 0.699. The molecule has 0 saturated heterocycles. The fraction of sp³-hybridized carbons (Fsp3) is 0.267. The van der Waals surface area contributed by atoms with Crippen LogP contribution in [0.5, 0.6) is 0 Å². The van der Waals surface area contributed by atoms with Gasteiger partial charge in [-0.25, -0.2) is 0 Å². The van der Waals surface area contributed by atoms with E-state index in [1.807, 2.05) is 30.5 Å². The number of rotatable bonds is 5. The number of nitrogens with zero attached hydrogens (tertiary/aromatic N) is 2. The Hall–Kier alpha value is -2.03. The first-order valence-corrected chi connectivity index (χ1v) is 6.34. The van der Waals surface area contributed by atoms with Gasteiger partial charge in [-0.1, -0.05) is 31.5 Å². The lowest BCUT2D eigenvalue weighted by Gasteiger charge is -2.24. The van der Waals surface area contributed by atoms with E-state index in [1.165, 1.54) is 12.1 Å². The largest absolute Gasteiger partial charge is 0.397 e. The Morgan fingerprint density at radius 1 is 1.11 bits per heavy atom. The molecular weight excluding hydrogens is 222 g/mol. The summed E-state index contributed by atoms with van der Waals surface area (Å²) in [7, 11) is 0. The van der Waals surface area contributed by atoms with Crippen LogP contribution in [0.3, 0.4) is 0 Å². The summed E-state index contributed by atoms with van der Waals surface area (Å²) in [6, 6.07) is 12.3. The van der Waals surface area contributed by atoms with Crippen LogP contribution in [0.4, 0.5) is 17.1 Å². The third-order valence-electron chi connectivity index (χ3n) is 2.86. The van der Waals surface area contributed by atoms with Gasteiger partial charge in [-0.3, -0.25) is 4.98 Å². The second-order valence-corrected chi connectivity index (χ2v) is 4.32. The molecule has 18 heavy (non-hydrogen) atoms. The third-order valence-corrected chi connectivity index (χ3v) is 2.86. The van der Waals surface area contributed by atoms with Crippen molar-refractivity contribution < 1.29 is 0 Å². The zero-order valence-electron chi connectivity index (χ0n) is 10.7. The highest BCUT2D eigenvalue weighted by atomic mass is 15.1. The number of anilines is 3. The summed E-state index contributed by atoms with van der Waals surface area (Å²) >= 11 is 0. The Kier molecular flexibility index (Phi) is 4.18. The zero-order chi connectivity index (χ0) is 12.8. The van der Waals surface area contributed by atoms with E-state index in [0.29, 0.717) is 5.69 Å². The highest BCUT2D eigenvalue weighted by Crippen LogP contribution is 2.26. The lowest BCUT2D eigenvalue weighted by atomic mass is 10.2. The molecule has 0 atom stereocenters. The quantitative estimate of drug-likeness (QED) is 0.869. The first kappa shape index (κ1) is 12.4. The zero-order valence-corrected chi connectivity index (χ0v) is 10.7. The molecule has 3 heteroatoms. The van der Waals surface area contributed by atoms with Crippen LogP contribution in [0.2, 0.25) is 0 Å². The molecule has 1 aromatic carbocycles. The van der Waals surface area contributed by atoms with Crippen LogP contribution < -0.4 is 10.6 Å². The van der Waals surface area contributed by atoms with Gasteiger partial charge >= 0.3 is 0 Å². The maximum absolute atomic E-state index is 5.81. The molecule has 2 rings (SSSR count). The van der Waals surface area contributed by atoms with Crippen molar-refractivity contribution in [3.63, 3.8) is 0 Å². The van der Waals surface area contributed by atoms with Gasteiger partial charge in [0, 0.05) is 18.4 Å². The fourth-order valence-electron chi connectivity index (χ4n) is 1.92. The lowest BCUT2D eigenvalue weighted by Crippen LogP contribution is -2.18. The molecule has 1 heterocycles. The summed E-state index contributed by atoms with van der Waals surface area (Å²) < 4.78 is 0. The topological polar surface area (TPSA) is 42.2 Å². The average Bonchev–Trinajstić information content (AvgIpc) is 2.40. The molecule has 0 fully saturated rings. The Morgan fingerprint density at radius 3 is 2.56 bits per heavy atom. The van der Waals surface area contributed by atoms with E-state index in [4.69, 9.17) is 5.73 Å². The van der Waals surface area contributed by atoms with Gasteiger partial charge in [-0.2, -0.15) is 0 Å². The number of pyridine rings is 1. The molecule has 0 aliphatic carbocycles. The summed E-state index contributed by atoms with van der Waals surface area (Å²) in [6.45, 7) is 3.17. The van der Waals surface area contributed by atoms with E-state index in [9.17, 15) is 0 Å². The number of nitrogens with two attached hydrogens (primary N) is 1. The number of benzene rings is 1. The molecule has 1 aromatic heterocycles. The third kappa shape index (κ3) is 3.00. The van der Waals surface area contributed by atoms with Crippen molar-refractivity contribution in [2.45, 2.75) is 19.8 Å². The van der Waals surface area contributed by atoms with E-state index in [-0.39, 0.29) is 0 Å². The van der Waals surface area contributed by atoms with Crippen LogP contribution in [-0.4, -0.2) is 11.5 Å². The summed E-state index contributed by atoms with van der Waals surface area (Å²) in [5.41, 5.74) is 8.74. The number of para-hydroxylation sites is 1. The summed E-state index contributed by atoms with van der Waals surface area (Å²) in [6.07, 6.45) is 5.84. The van der Waals surface area contributed by atoms with E-state index < -0.39 is 0 Å². The SMILES string of the molecule is CCCCN(c1ccccc1)c1cncc(N)c1. The molecule has 0 unspecified atom stereocenters. The lowest BCUT2D eigenvalue weighted by molar-refractivity contribution is 0.785. The summed E-state index contributed by atoms with van der Waals surface area (Å²) in [5, 5.41) is 0. The molecule has 0 saturated carbocycles. The molecule has 0 aliphatic rings. The van der Waals surface area contributed by atoms with Crippen LogP contribution >= 0.6 is 0 Å². The van der Waals surface area contributed by atoms with Gasteiger partial charge in [-0.15, -0.1) is 0 Å². The van der Waals surface area contributed by atoms with Crippen molar-refractivity contribution in [1.82, 2.24) is 4.98 Å². The van der Waals surface area contributed by atoms with E-state index >= 15 is 0 Å². The Labute approximate surface area is 108 Å². The van der Waals surface area contributed by atoms with Gasteiger partial charge in [0.25, 0.3) is 0 Å². The average molecular weight is 241 g/mol. The Bertz CT molecular complexity index is 482. The van der Waals surface area contributed by atoms with Crippen molar-refractivity contribution in [2.24, 2.45) is 0 Å². The second-order valence-electron chi connectivity index (χ2n) is 4.32. The molecule has 0 aliphatic heterocycles. The van der Waals surface area contributed by atoms with Crippen LogP contribution in [0.1, 0.15) is 19.8 Å². The van der Waals surface area contributed by atoms with Gasteiger partial charge in [0.2, 0.25) is 0 Å². The van der Waals surface area contributed by atoms with Crippen molar-refractivity contribution in [1.29, 1.82) is 0 Å². The molecule has 0 spiro atoms. The second kappa shape index (κ2) is 6.05. The van der Waals surface area contributed by atoms with Crippen molar-refractivity contribution in [3.8, 4) is 0 Å². The molecule has 3 nitrogen and oxygen atoms in total. The van der Waals surface area contributed by atoms with Crippen molar-refractivity contribution >= 4 is 17.1 Å². The Morgan fingerprint density at radius 2 is 1.89 bits per heavy atom. The molecule has 0 bridgehead atoms. The predicted molar refractivity (Wildman–Crippen MR) is 77.0 cm³/mol. The monoisotopic (exact) mass is 241 g/mol. The fourth-order valence-corrected chi connectivity index (χ4v) is 1.92. The van der Waals surface area contributed by atoms with Gasteiger partial charge in [-0.05, 0) is 24.6 Å². The number of hydrogen-bond donors (Lipinski definition) is 1. The van der Waals surface area contributed by atoms with E-state index in [1.54, 1.807) is 6.20 Å². The highest BCUT2D eigenvalue weighted by Gasteiger charge is 2.08. The molecule has 94 valence electrons. The van der Waals surface area contributed by atoms with Crippen LogP contribution in [0.15, 0.2) is 48.8 Å². The van der Waals surface area contributed by atoms with Crippen molar-refractivity contribution in [2.75, 3.05) is 17.2 Å². The molecule has 2 aromatic rings. The number of aromatic nitrogens is 1. The van der Waals surface area contributed by atoms with E-state index in [2.05, 4.69) is 28.9 Å². The molecule has 0 amide bonds. The molecule has 0 radical (unpaired) electrons. The maximum atomic E-state index is 5.81. The molecular formula is C15H19N3. The predicted octanol–water partition coefficient (Wildman–Crippen LogP) is 3.60. The smallest absolute Gasteiger partial charge is 0.0617 e. The highest BCUT2D eigenvalue weighted by molar-refractivity contribution is 5.65.